The normalized spacial score (nSPS) is 20.0. The van der Waals surface area contributed by atoms with Crippen LogP contribution in [0.4, 0.5) is 10.6 Å². The van der Waals surface area contributed by atoms with Gasteiger partial charge in [0, 0.05) is 29.5 Å². The van der Waals surface area contributed by atoms with E-state index < -0.39 is 6.16 Å². The topological polar surface area (TPSA) is 96.8 Å². The van der Waals surface area contributed by atoms with Gasteiger partial charge < -0.3 is 19.6 Å². The van der Waals surface area contributed by atoms with E-state index in [-0.39, 0.29) is 12.1 Å². The SMILES string of the molecule is O=C(O)ON[C@H]1CN(c2ccc(Br)cn2)C[C@@H]1Oc1ccccn1. The number of pyridine rings is 2. The highest BCUT2D eigenvalue weighted by atomic mass is 79.9. The maximum atomic E-state index is 10.6. The van der Waals surface area contributed by atoms with Crippen molar-refractivity contribution in [2.45, 2.75) is 12.1 Å². The lowest BCUT2D eigenvalue weighted by molar-refractivity contribution is 0.0124. The molecule has 0 bridgehead atoms. The summed E-state index contributed by atoms with van der Waals surface area (Å²) in [6.45, 7) is 1.01. The van der Waals surface area contributed by atoms with Crippen LogP contribution in [-0.4, -0.2) is 46.5 Å². The molecule has 3 rings (SSSR count). The van der Waals surface area contributed by atoms with Gasteiger partial charge in [-0.25, -0.2) is 14.8 Å². The van der Waals surface area contributed by atoms with Gasteiger partial charge in [-0.2, -0.15) is 0 Å². The molecule has 2 aromatic heterocycles. The second-order valence-corrected chi connectivity index (χ2v) is 6.07. The van der Waals surface area contributed by atoms with E-state index in [0.29, 0.717) is 19.0 Å². The van der Waals surface area contributed by atoms with E-state index in [1.54, 1.807) is 24.5 Å². The van der Waals surface area contributed by atoms with Crippen LogP contribution >= 0.6 is 15.9 Å². The first-order valence-electron chi connectivity index (χ1n) is 7.21. The molecule has 0 aromatic carbocycles. The third-order valence-corrected chi connectivity index (χ3v) is 3.98. The van der Waals surface area contributed by atoms with Crippen molar-refractivity contribution in [1.82, 2.24) is 15.4 Å². The second-order valence-electron chi connectivity index (χ2n) is 5.16. The predicted molar refractivity (Wildman–Crippen MR) is 88.8 cm³/mol. The van der Waals surface area contributed by atoms with Crippen molar-refractivity contribution in [3.05, 3.63) is 47.2 Å². The molecule has 1 saturated heterocycles. The van der Waals surface area contributed by atoms with Gasteiger partial charge in [0.2, 0.25) is 5.88 Å². The van der Waals surface area contributed by atoms with Gasteiger partial charge in [0.15, 0.2) is 0 Å². The number of halogens is 1. The molecular weight excluding hydrogens is 380 g/mol. The van der Waals surface area contributed by atoms with Crippen LogP contribution in [-0.2, 0) is 4.84 Å². The molecule has 0 radical (unpaired) electrons. The first-order valence-corrected chi connectivity index (χ1v) is 8.00. The summed E-state index contributed by atoms with van der Waals surface area (Å²) in [7, 11) is 0. The Kier molecular flexibility index (Phi) is 5.11. The van der Waals surface area contributed by atoms with E-state index >= 15 is 0 Å². The van der Waals surface area contributed by atoms with Crippen LogP contribution in [0.1, 0.15) is 0 Å². The average molecular weight is 395 g/mol. The second kappa shape index (κ2) is 7.45. The Bertz CT molecular complexity index is 686. The van der Waals surface area contributed by atoms with E-state index in [0.717, 1.165) is 10.3 Å². The minimum absolute atomic E-state index is 0.343. The van der Waals surface area contributed by atoms with E-state index in [9.17, 15) is 4.79 Å². The molecule has 0 unspecified atom stereocenters. The number of carbonyl (C=O) groups is 1. The van der Waals surface area contributed by atoms with Crippen LogP contribution < -0.4 is 15.1 Å². The fraction of sp³-hybridized carbons (Fsp3) is 0.267. The summed E-state index contributed by atoms with van der Waals surface area (Å²) in [5.41, 5.74) is 2.53. The van der Waals surface area contributed by atoms with E-state index in [4.69, 9.17) is 9.84 Å². The number of ether oxygens (including phenoxy) is 1. The number of rotatable bonds is 5. The third kappa shape index (κ3) is 4.12. The van der Waals surface area contributed by atoms with Crippen molar-refractivity contribution < 1.29 is 19.5 Å². The zero-order chi connectivity index (χ0) is 16.9. The Morgan fingerprint density at radius 1 is 1.29 bits per heavy atom. The van der Waals surface area contributed by atoms with E-state index in [2.05, 4.69) is 36.2 Å². The van der Waals surface area contributed by atoms with Crippen LogP contribution in [0, 0.1) is 0 Å². The molecular formula is C15H15BrN4O4. The Balaban J connectivity index is 1.73. The molecule has 0 saturated carbocycles. The molecule has 2 aromatic rings. The maximum absolute atomic E-state index is 10.6. The monoisotopic (exact) mass is 394 g/mol. The van der Waals surface area contributed by atoms with Gasteiger partial charge in [0.25, 0.3) is 0 Å². The molecule has 0 spiro atoms. The summed E-state index contributed by atoms with van der Waals surface area (Å²) in [6.07, 6.45) is 1.60. The van der Waals surface area contributed by atoms with Crippen molar-refractivity contribution in [3.63, 3.8) is 0 Å². The highest BCUT2D eigenvalue weighted by molar-refractivity contribution is 9.10. The average Bonchev–Trinajstić information content (AvgIpc) is 2.97. The van der Waals surface area contributed by atoms with Crippen molar-refractivity contribution in [2.24, 2.45) is 0 Å². The largest absolute Gasteiger partial charge is 0.525 e. The van der Waals surface area contributed by atoms with E-state index in [1.807, 2.05) is 23.1 Å². The molecule has 1 aliphatic rings. The van der Waals surface area contributed by atoms with Crippen molar-refractivity contribution in [1.29, 1.82) is 0 Å². The summed E-state index contributed by atoms with van der Waals surface area (Å²) in [4.78, 5) is 25.6. The molecule has 9 heteroatoms. The molecule has 3 heterocycles. The fourth-order valence-corrected chi connectivity index (χ4v) is 2.68. The standard InChI is InChI=1S/C15H15BrN4O4/c16-10-4-5-13(18-7-10)20-8-11(19-24-15(21)22)12(9-20)23-14-3-1-2-6-17-14/h1-7,11-12,19H,8-9H2,(H,21,22)/t11-,12-/m0/s1. The highest BCUT2D eigenvalue weighted by Gasteiger charge is 2.36. The van der Waals surface area contributed by atoms with Gasteiger partial charge in [-0.1, -0.05) is 6.07 Å². The summed E-state index contributed by atoms with van der Waals surface area (Å²) in [5.74, 6) is 1.24. The molecule has 0 aliphatic carbocycles. The lowest BCUT2D eigenvalue weighted by Gasteiger charge is -2.18. The summed E-state index contributed by atoms with van der Waals surface area (Å²) in [5, 5.41) is 8.69. The van der Waals surface area contributed by atoms with Crippen LogP contribution in [0.3, 0.4) is 0 Å². The van der Waals surface area contributed by atoms with Gasteiger partial charge in [0.05, 0.1) is 12.6 Å². The Morgan fingerprint density at radius 2 is 2.17 bits per heavy atom. The summed E-state index contributed by atoms with van der Waals surface area (Å²) in [6, 6.07) is 8.78. The van der Waals surface area contributed by atoms with Gasteiger partial charge >= 0.3 is 6.16 Å². The number of hydroxylamine groups is 1. The molecule has 2 N–H and O–H groups in total. The van der Waals surface area contributed by atoms with Gasteiger partial charge in [-0.15, -0.1) is 5.48 Å². The Morgan fingerprint density at radius 3 is 2.83 bits per heavy atom. The van der Waals surface area contributed by atoms with E-state index in [1.165, 1.54) is 0 Å². The summed E-state index contributed by atoms with van der Waals surface area (Å²) >= 11 is 3.35. The zero-order valence-electron chi connectivity index (χ0n) is 12.5. The molecule has 1 aliphatic heterocycles. The van der Waals surface area contributed by atoms with Crippen molar-refractivity contribution in [3.8, 4) is 5.88 Å². The molecule has 1 fully saturated rings. The van der Waals surface area contributed by atoms with Crippen LogP contribution in [0.2, 0.25) is 0 Å². The predicted octanol–water partition coefficient (Wildman–Crippen LogP) is 2.07. The number of anilines is 1. The van der Waals surface area contributed by atoms with Gasteiger partial charge in [-0.3, -0.25) is 0 Å². The number of carboxylic acid groups (broad SMARTS) is 1. The fourth-order valence-electron chi connectivity index (χ4n) is 2.45. The molecule has 8 nitrogen and oxygen atoms in total. The Hall–Kier alpha value is -2.39. The lowest BCUT2D eigenvalue weighted by Crippen LogP contribution is -2.43. The highest BCUT2D eigenvalue weighted by Crippen LogP contribution is 2.23. The van der Waals surface area contributed by atoms with Gasteiger partial charge in [0.1, 0.15) is 11.9 Å². The summed E-state index contributed by atoms with van der Waals surface area (Å²) < 4.78 is 6.76. The molecule has 2 atom stereocenters. The van der Waals surface area contributed by atoms with Crippen LogP contribution in [0.25, 0.3) is 0 Å². The zero-order valence-corrected chi connectivity index (χ0v) is 14.1. The first kappa shape index (κ1) is 16.5. The molecule has 0 amide bonds. The molecule has 126 valence electrons. The lowest BCUT2D eigenvalue weighted by atomic mass is 10.2. The van der Waals surface area contributed by atoms with Crippen LogP contribution in [0.5, 0.6) is 5.88 Å². The minimum atomic E-state index is -1.40. The number of nitrogens with zero attached hydrogens (tertiary/aromatic N) is 3. The van der Waals surface area contributed by atoms with Crippen molar-refractivity contribution >= 4 is 27.9 Å². The number of hydrogen-bond donors (Lipinski definition) is 2. The van der Waals surface area contributed by atoms with Crippen LogP contribution in [0.15, 0.2) is 47.2 Å². The number of hydrogen-bond acceptors (Lipinski definition) is 7. The number of nitrogens with one attached hydrogen (secondary N) is 1. The maximum Gasteiger partial charge on any atom is 0.525 e. The quantitative estimate of drug-likeness (QED) is 0.743. The first-order chi connectivity index (χ1) is 11.6. The molecule has 24 heavy (non-hydrogen) atoms. The minimum Gasteiger partial charge on any atom is -0.471 e. The van der Waals surface area contributed by atoms with Gasteiger partial charge in [-0.05, 0) is 34.1 Å². The van der Waals surface area contributed by atoms with Crippen molar-refractivity contribution in [2.75, 3.05) is 18.0 Å². The Labute approximate surface area is 146 Å². The third-order valence-electron chi connectivity index (χ3n) is 3.51. The smallest absolute Gasteiger partial charge is 0.471 e. The number of aromatic nitrogens is 2.